The lowest BCUT2D eigenvalue weighted by Crippen LogP contribution is -2.50. The summed E-state index contributed by atoms with van der Waals surface area (Å²) in [6, 6.07) is 0. The monoisotopic (exact) mass is 212 g/mol. The molecule has 1 aliphatic rings. The average Bonchev–Trinajstić information content (AvgIpc) is 1.93. The standard InChI is InChI=1S/C5H9BrO4/c6-5-4(9)3(8)2(7)1-10-5/h2-5,7-9H,1H2/t2-,3-,4+,5+/m1/s1. The first kappa shape index (κ1) is 8.42. The largest absolute Gasteiger partial charge is 0.388 e. The van der Waals surface area contributed by atoms with Crippen LogP contribution in [0.3, 0.4) is 0 Å². The van der Waals surface area contributed by atoms with Crippen molar-refractivity contribution in [1.29, 1.82) is 0 Å². The number of halogens is 1. The molecular weight excluding hydrogens is 204 g/mol. The Bertz CT molecular complexity index is 106. The number of alkyl halides is 1. The van der Waals surface area contributed by atoms with E-state index in [0.29, 0.717) is 0 Å². The molecule has 4 atom stereocenters. The summed E-state index contributed by atoms with van der Waals surface area (Å²) in [6.07, 6.45) is -3.15. The molecule has 0 bridgehead atoms. The minimum absolute atomic E-state index is 0.0497. The third-order valence-electron chi connectivity index (χ3n) is 1.44. The van der Waals surface area contributed by atoms with Gasteiger partial charge in [-0.15, -0.1) is 0 Å². The minimum atomic E-state index is -1.11. The summed E-state index contributed by atoms with van der Waals surface area (Å²) in [5.41, 5.74) is 0. The molecule has 0 unspecified atom stereocenters. The van der Waals surface area contributed by atoms with Gasteiger partial charge in [-0.25, -0.2) is 0 Å². The third-order valence-corrected chi connectivity index (χ3v) is 2.24. The highest BCUT2D eigenvalue weighted by Crippen LogP contribution is 2.19. The second-order valence-electron chi connectivity index (χ2n) is 2.23. The van der Waals surface area contributed by atoms with Gasteiger partial charge in [0.15, 0.2) is 0 Å². The molecule has 0 amide bonds. The van der Waals surface area contributed by atoms with Crippen LogP contribution in [0.2, 0.25) is 0 Å². The van der Waals surface area contributed by atoms with Crippen molar-refractivity contribution in [3.05, 3.63) is 0 Å². The molecule has 5 heteroatoms. The van der Waals surface area contributed by atoms with Gasteiger partial charge in [-0.2, -0.15) is 0 Å². The molecule has 4 nitrogen and oxygen atoms in total. The minimum Gasteiger partial charge on any atom is -0.388 e. The summed E-state index contributed by atoms with van der Waals surface area (Å²) in [7, 11) is 0. The van der Waals surface area contributed by atoms with Crippen LogP contribution in [0.25, 0.3) is 0 Å². The van der Waals surface area contributed by atoms with Crippen molar-refractivity contribution in [1.82, 2.24) is 0 Å². The third kappa shape index (κ3) is 1.49. The molecule has 3 N–H and O–H groups in total. The van der Waals surface area contributed by atoms with Crippen molar-refractivity contribution in [2.24, 2.45) is 0 Å². The predicted molar refractivity (Wildman–Crippen MR) is 36.7 cm³/mol. The maximum atomic E-state index is 9.03. The molecule has 1 fully saturated rings. The first-order valence-electron chi connectivity index (χ1n) is 2.93. The highest BCUT2D eigenvalue weighted by molar-refractivity contribution is 9.09. The van der Waals surface area contributed by atoms with Crippen molar-refractivity contribution >= 4 is 15.9 Å². The summed E-state index contributed by atoms with van der Waals surface area (Å²) < 4.78 is 4.83. The maximum absolute atomic E-state index is 9.03. The van der Waals surface area contributed by atoms with Gasteiger partial charge in [0.2, 0.25) is 0 Å². The molecule has 0 spiro atoms. The van der Waals surface area contributed by atoms with E-state index >= 15 is 0 Å². The fraction of sp³-hybridized carbons (Fsp3) is 1.00. The summed E-state index contributed by atoms with van der Waals surface area (Å²) in [4.78, 5) is 0. The van der Waals surface area contributed by atoms with E-state index in [1.807, 2.05) is 0 Å². The number of aliphatic hydroxyl groups is 3. The van der Waals surface area contributed by atoms with E-state index in [0.717, 1.165) is 0 Å². The van der Waals surface area contributed by atoms with Crippen molar-refractivity contribution in [3.8, 4) is 0 Å². The van der Waals surface area contributed by atoms with Gasteiger partial charge in [0.25, 0.3) is 0 Å². The highest BCUT2D eigenvalue weighted by atomic mass is 79.9. The Morgan fingerprint density at radius 1 is 1.20 bits per heavy atom. The summed E-state index contributed by atoms with van der Waals surface area (Å²) in [6.45, 7) is 0.0497. The molecule has 1 aliphatic heterocycles. The van der Waals surface area contributed by atoms with Crippen molar-refractivity contribution in [3.63, 3.8) is 0 Å². The van der Waals surface area contributed by atoms with Crippen LogP contribution >= 0.6 is 15.9 Å². The van der Waals surface area contributed by atoms with Gasteiger partial charge in [-0.1, -0.05) is 15.9 Å². The second kappa shape index (κ2) is 3.15. The smallest absolute Gasteiger partial charge is 0.141 e. The number of rotatable bonds is 0. The number of ether oxygens (including phenoxy) is 1. The molecule has 1 saturated heterocycles. The zero-order valence-electron chi connectivity index (χ0n) is 5.14. The number of hydrogen-bond acceptors (Lipinski definition) is 4. The van der Waals surface area contributed by atoms with E-state index in [4.69, 9.17) is 20.1 Å². The zero-order chi connectivity index (χ0) is 7.72. The second-order valence-corrected chi connectivity index (χ2v) is 3.14. The molecule has 10 heavy (non-hydrogen) atoms. The van der Waals surface area contributed by atoms with Gasteiger partial charge in [0, 0.05) is 0 Å². The number of hydrogen-bond donors (Lipinski definition) is 3. The Balaban J connectivity index is 2.52. The Morgan fingerprint density at radius 2 is 1.80 bits per heavy atom. The van der Waals surface area contributed by atoms with Crippen LogP contribution < -0.4 is 0 Å². The van der Waals surface area contributed by atoms with Crippen molar-refractivity contribution in [2.75, 3.05) is 6.61 Å². The Labute approximate surface area is 66.6 Å². The van der Waals surface area contributed by atoms with E-state index in [1.165, 1.54) is 0 Å². The molecule has 1 rings (SSSR count). The molecule has 0 aromatic carbocycles. The topological polar surface area (TPSA) is 69.9 Å². The fourth-order valence-electron chi connectivity index (χ4n) is 0.770. The highest BCUT2D eigenvalue weighted by Gasteiger charge is 2.35. The van der Waals surface area contributed by atoms with Crippen molar-refractivity contribution in [2.45, 2.75) is 23.3 Å². The fourth-order valence-corrected chi connectivity index (χ4v) is 1.24. The van der Waals surface area contributed by atoms with Gasteiger partial charge >= 0.3 is 0 Å². The van der Waals surface area contributed by atoms with E-state index in [2.05, 4.69) is 15.9 Å². The van der Waals surface area contributed by atoms with Crippen LogP contribution in [0, 0.1) is 0 Å². The number of aliphatic hydroxyl groups excluding tert-OH is 3. The first-order valence-corrected chi connectivity index (χ1v) is 3.84. The summed E-state index contributed by atoms with van der Waals surface area (Å²) in [5, 5.41) is 26.4. The van der Waals surface area contributed by atoms with Gasteiger partial charge in [0.1, 0.15) is 23.3 Å². The lowest BCUT2D eigenvalue weighted by molar-refractivity contribution is -0.159. The van der Waals surface area contributed by atoms with E-state index in [-0.39, 0.29) is 6.61 Å². The predicted octanol–water partition coefficient (Wildman–Crippen LogP) is -1.18. The van der Waals surface area contributed by atoms with Crippen LogP contribution in [-0.2, 0) is 4.74 Å². The molecule has 0 aromatic rings. The molecule has 0 aliphatic carbocycles. The molecule has 0 aromatic heterocycles. The molecule has 1 heterocycles. The first-order chi connectivity index (χ1) is 4.63. The summed E-state index contributed by atoms with van der Waals surface area (Å²) >= 11 is 2.98. The lowest BCUT2D eigenvalue weighted by atomic mass is 10.1. The van der Waals surface area contributed by atoms with Gasteiger partial charge < -0.3 is 20.1 Å². The van der Waals surface area contributed by atoms with E-state index in [9.17, 15) is 0 Å². The normalized spacial score (nSPS) is 49.2. The Hall–Kier alpha value is 0.320. The Morgan fingerprint density at radius 3 is 2.30 bits per heavy atom. The Kier molecular flexibility index (Phi) is 2.65. The van der Waals surface area contributed by atoms with Gasteiger partial charge in [0.05, 0.1) is 6.61 Å². The van der Waals surface area contributed by atoms with Gasteiger partial charge in [-0.05, 0) is 0 Å². The van der Waals surface area contributed by atoms with Crippen LogP contribution in [0.5, 0.6) is 0 Å². The SMILES string of the molecule is O[C@H]1[C@H](O)[C@@H](Br)OC[C@H]1O. The molecular formula is C5H9BrO4. The van der Waals surface area contributed by atoms with Crippen LogP contribution in [0.15, 0.2) is 0 Å². The molecule has 0 saturated carbocycles. The van der Waals surface area contributed by atoms with Crippen LogP contribution in [-0.4, -0.2) is 45.3 Å². The average molecular weight is 213 g/mol. The van der Waals surface area contributed by atoms with Gasteiger partial charge in [-0.3, -0.25) is 0 Å². The molecule has 60 valence electrons. The lowest BCUT2D eigenvalue weighted by Gasteiger charge is -2.31. The maximum Gasteiger partial charge on any atom is 0.141 e. The molecule has 0 radical (unpaired) electrons. The van der Waals surface area contributed by atoms with Crippen LogP contribution in [0.1, 0.15) is 0 Å². The van der Waals surface area contributed by atoms with Crippen molar-refractivity contribution < 1.29 is 20.1 Å². The summed E-state index contributed by atoms with van der Waals surface area (Å²) in [5.74, 6) is 0. The van der Waals surface area contributed by atoms with E-state index < -0.39 is 23.3 Å². The van der Waals surface area contributed by atoms with Crippen LogP contribution in [0.4, 0.5) is 0 Å². The zero-order valence-corrected chi connectivity index (χ0v) is 6.73. The quantitative estimate of drug-likeness (QED) is 0.443. The van der Waals surface area contributed by atoms with E-state index in [1.54, 1.807) is 0 Å².